The average molecular weight is 265 g/mol. The van der Waals surface area contributed by atoms with Gasteiger partial charge in [0.05, 0.1) is 5.02 Å². The fourth-order valence-corrected chi connectivity index (χ4v) is 1.19. The second kappa shape index (κ2) is 4.48. The van der Waals surface area contributed by atoms with E-state index in [1.54, 1.807) is 18.2 Å². The SMILES string of the molecule is O=C(O)COc1ccc(Cl)c(Br)c1. The number of halogens is 2. The van der Waals surface area contributed by atoms with Gasteiger partial charge in [-0.2, -0.15) is 0 Å². The number of carboxylic acids is 1. The first-order valence-electron chi connectivity index (χ1n) is 3.39. The predicted molar refractivity (Wildman–Crippen MR) is 52.3 cm³/mol. The van der Waals surface area contributed by atoms with Gasteiger partial charge in [-0.3, -0.25) is 0 Å². The molecule has 0 bridgehead atoms. The van der Waals surface area contributed by atoms with E-state index in [0.717, 1.165) is 0 Å². The second-order valence-corrected chi connectivity index (χ2v) is 3.52. The fourth-order valence-electron chi connectivity index (χ4n) is 0.712. The molecular formula is C8H6BrClO3. The molecule has 0 saturated carbocycles. The number of benzene rings is 1. The van der Waals surface area contributed by atoms with Crippen LogP contribution in [0.5, 0.6) is 5.75 Å². The van der Waals surface area contributed by atoms with Crippen molar-refractivity contribution in [3.05, 3.63) is 27.7 Å². The Balaban J connectivity index is 2.68. The number of hydrogen-bond acceptors (Lipinski definition) is 2. The molecule has 0 aliphatic rings. The van der Waals surface area contributed by atoms with Crippen molar-refractivity contribution in [2.75, 3.05) is 6.61 Å². The van der Waals surface area contributed by atoms with Gasteiger partial charge in [-0.05, 0) is 34.1 Å². The molecule has 0 atom stereocenters. The largest absolute Gasteiger partial charge is 0.482 e. The molecule has 0 saturated heterocycles. The quantitative estimate of drug-likeness (QED) is 0.913. The summed E-state index contributed by atoms with van der Waals surface area (Å²) in [7, 11) is 0. The van der Waals surface area contributed by atoms with Crippen LogP contribution in [0.2, 0.25) is 5.02 Å². The van der Waals surface area contributed by atoms with Gasteiger partial charge in [0.15, 0.2) is 6.61 Å². The maximum absolute atomic E-state index is 10.2. The molecule has 0 fully saturated rings. The molecule has 0 spiro atoms. The van der Waals surface area contributed by atoms with Crippen molar-refractivity contribution in [2.45, 2.75) is 0 Å². The lowest BCUT2D eigenvalue weighted by atomic mass is 10.3. The first-order chi connectivity index (χ1) is 6.09. The summed E-state index contributed by atoms with van der Waals surface area (Å²) in [6, 6.07) is 4.85. The highest BCUT2D eigenvalue weighted by atomic mass is 79.9. The number of carbonyl (C=O) groups is 1. The smallest absolute Gasteiger partial charge is 0.341 e. The fraction of sp³-hybridized carbons (Fsp3) is 0.125. The van der Waals surface area contributed by atoms with Gasteiger partial charge >= 0.3 is 5.97 Å². The molecule has 5 heteroatoms. The summed E-state index contributed by atoms with van der Waals surface area (Å²) >= 11 is 8.92. The Labute approximate surface area is 88.4 Å². The number of hydrogen-bond donors (Lipinski definition) is 1. The molecule has 13 heavy (non-hydrogen) atoms. The first-order valence-corrected chi connectivity index (χ1v) is 4.56. The lowest BCUT2D eigenvalue weighted by Crippen LogP contribution is -2.09. The van der Waals surface area contributed by atoms with Crippen LogP contribution in [0, 0.1) is 0 Å². The van der Waals surface area contributed by atoms with Gasteiger partial charge in [-0.15, -0.1) is 0 Å². The second-order valence-electron chi connectivity index (χ2n) is 2.26. The third kappa shape index (κ3) is 3.24. The third-order valence-corrected chi connectivity index (χ3v) is 2.47. The molecular weight excluding hydrogens is 259 g/mol. The zero-order valence-electron chi connectivity index (χ0n) is 6.46. The van der Waals surface area contributed by atoms with Crippen LogP contribution in [0.4, 0.5) is 0 Å². The molecule has 1 rings (SSSR count). The summed E-state index contributed by atoms with van der Waals surface area (Å²) < 4.78 is 5.59. The van der Waals surface area contributed by atoms with E-state index in [1.165, 1.54) is 0 Å². The maximum atomic E-state index is 10.2. The molecule has 3 nitrogen and oxygen atoms in total. The van der Waals surface area contributed by atoms with Crippen LogP contribution in [0.25, 0.3) is 0 Å². The van der Waals surface area contributed by atoms with Crippen molar-refractivity contribution in [1.29, 1.82) is 0 Å². The lowest BCUT2D eigenvalue weighted by molar-refractivity contribution is -0.139. The number of rotatable bonds is 3. The van der Waals surface area contributed by atoms with Gasteiger partial charge in [0, 0.05) is 4.47 Å². The zero-order chi connectivity index (χ0) is 9.84. The Morgan fingerprint density at radius 2 is 2.31 bits per heavy atom. The molecule has 1 aromatic rings. The molecule has 0 radical (unpaired) electrons. The van der Waals surface area contributed by atoms with Gasteiger partial charge in [0.2, 0.25) is 0 Å². The molecule has 0 heterocycles. The van der Waals surface area contributed by atoms with Crippen LogP contribution in [0.15, 0.2) is 22.7 Å². The highest BCUT2D eigenvalue weighted by Crippen LogP contribution is 2.26. The Morgan fingerprint density at radius 3 is 2.85 bits per heavy atom. The van der Waals surface area contributed by atoms with E-state index in [9.17, 15) is 4.79 Å². The van der Waals surface area contributed by atoms with Crippen molar-refractivity contribution in [1.82, 2.24) is 0 Å². The van der Waals surface area contributed by atoms with Gasteiger partial charge in [0.1, 0.15) is 5.75 Å². The number of carboxylic acid groups (broad SMARTS) is 1. The van der Waals surface area contributed by atoms with E-state index >= 15 is 0 Å². The molecule has 0 unspecified atom stereocenters. The number of ether oxygens (including phenoxy) is 1. The maximum Gasteiger partial charge on any atom is 0.341 e. The predicted octanol–water partition coefficient (Wildman–Crippen LogP) is 2.57. The highest BCUT2D eigenvalue weighted by Gasteiger charge is 2.01. The van der Waals surface area contributed by atoms with E-state index < -0.39 is 5.97 Å². The van der Waals surface area contributed by atoms with Crippen LogP contribution in [-0.2, 0) is 4.79 Å². The summed E-state index contributed by atoms with van der Waals surface area (Å²) in [6.07, 6.45) is 0. The first kappa shape index (κ1) is 10.3. The van der Waals surface area contributed by atoms with Crippen LogP contribution in [0.1, 0.15) is 0 Å². The minimum atomic E-state index is -1.01. The van der Waals surface area contributed by atoms with Gasteiger partial charge < -0.3 is 9.84 Å². The van der Waals surface area contributed by atoms with Crippen molar-refractivity contribution < 1.29 is 14.6 Å². The topological polar surface area (TPSA) is 46.5 Å². The lowest BCUT2D eigenvalue weighted by Gasteiger charge is -2.03. The van der Waals surface area contributed by atoms with Crippen molar-refractivity contribution >= 4 is 33.5 Å². The Morgan fingerprint density at radius 1 is 1.62 bits per heavy atom. The molecule has 1 aromatic carbocycles. The van der Waals surface area contributed by atoms with Crippen molar-refractivity contribution in [3.63, 3.8) is 0 Å². The number of aliphatic carboxylic acids is 1. The van der Waals surface area contributed by atoms with Crippen molar-refractivity contribution in [2.24, 2.45) is 0 Å². The van der Waals surface area contributed by atoms with Crippen LogP contribution in [0.3, 0.4) is 0 Å². The minimum Gasteiger partial charge on any atom is -0.482 e. The monoisotopic (exact) mass is 264 g/mol. The van der Waals surface area contributed by atoms with Crippen LogP contribution < -0.4 is 4.74 Å². The van der Waals surface area contributed by atoms with E-state index in [1.807, 2.05) is 0 Å². The van der Waals surface area contributed by atoms with Crippen LogP contribution in [-0.4, -0.2) is 17.7 Å². The highest BCUT2D eigenvalue weighted by molar-refractivity contribution is 9.10. The van der Waals surface area contributed by atoms with E-state index in [-0.39, 0.29) is 6.61 Å². The molecule has 0 amide bonds. The summed E-state index contributed by atoms with van der Waals surface area (Å²) in [6.45, 7) is -0.353. The Bertz CT molecular complexity index is 327. The normalized spacial score (nSPS) is 9.69. The average Bonchev–Trinajstić information content (AvgIpc) is 2.07. The summed E-state index contributed by atoms with van der Waals surface area (Å²) in [4.78, 5) is 10.2. The molecule has 0 aliphatic carbocycles. The Kier molecular flexibility index (Phi) is 3.57. The molecule has 70 valence electrons. The zero-order valence-corrected chi connectivity index (χ0v) is 8.80. The standard InChI is InChI=1S/C8H6BrClO3/c9-6-3-5(1-2-7(6)10)13-4-8(11)12/h1-3H,4H2,(H,11,12). The Hall–Kier alpha value is -0.740. The van der Waals surface area contributed by atoms with E-state index in [0.29, 0.717) is 15.2 Å². The van der Waals surface area contributed by atoms with Gasteiger partial charge in [-0.1, -0.05) is 11.6 Å². The third-order valence-electron chi connectivity index (χ3n) is 1.25. The van der Waals surface area contributed by atoms with E-state index in [2.05, 4.69) is 15.9 Å². The molecule has 0 aromatic heterocycles. The van der Waals surface area contributed by atoms with Crippen LogP contribution >= 0.6 is 27.5 Å². The van der Waals surface area contributed by atoms with Gasteiger partial charge in [-0.25, -0.2) is 4.79 Å². The summed E-state index contributed by atoms with van der Waals surface area (Å²) in [5.41, 5.74) is 0. The molecule has 0 aliphatic heterocycles. The minimum absolute atomic E-state index is 0.353. The molecule has 1 N–H and O–H groups in total. The summed E-state index contributed by atoms with van der Waals surface area (Å²) in [5.74, 6) is -0.537. The van der Waals surface area contributed by atoms with Crippen molar-refractivity contribution in [3.8, 4) is 5.75 Å². The van der Waals surface area contributed by atoms with Gasteiger partial charge in [0.25, 0.3) is 0 Å². The van der Waals surface area contributed by atoms with E-state index in [4.69, 9.17) is 21.4 Å². The summed E-state index contributed by atoms with van der Waals surface area (Å²) in [5, 5.41) is 8.89.